The standard InChI is InChI=1S/C17H22FN3O4/c1-10(15(19)22)14-13(21(18)16(23)25-14)11-4-6-12(7-5-11)20-8-17(2,9-20)24-3/h4-7,10,13-14H,8-9H2,1-3H3,(H2,19,22). The number of hydrogen-bond donors (Lipinski definition) is 1. The quantitative estimate of drug-likeness (QED) is 0.818. The highest BCUT2D eigenvalue weighted by Gasteiger charge is 2.48. The first-order chi connectivity index (χ1) is 11.8. The van der Waals surface area contributed by atoms with E-state index in [1.54, 1.807) is 19.2 Å². The molecular weight excluding hydrogens is 329 g/mol. The van der Waals surface area contributed by atoms with Crippen LogP contribution in [0.1, 0.15) is 25.5 Å². The number of benzene rings is 1. The van der Waals surface area contributed by atoms with Crippen molar-refractivity contribution in [3.63, 3.8) is 0 Å². The Kier molecular flexibility index (Phi) is 4.32. The van der Waals surface area contributed by atoms with Crippen molar-refractivity contribution in [3.05, 3.63) is 29.8 Å². The van der Waals surface area contributed by atoms with Crippen LogP contribution in [0.15, 0.2) is 24.3 Å². The number of methoxy groups -OCH3 is 1. The number of rotatable bonds is 5. The van der Waals surface area contributed by atoms with Gasteiger partial charge in [-0.05, 0) is 31.5 Å². The van der Waals surface area contributed by atoms with Gasteiger partial charge < -0.3 is 20.1 Å². The van der Waals surface area contributed by atoms with E-state index in [-0.39, 0.29) is 10.7 Å². The minimum absolute atomic E-state index is 0.0186. The summed E-state index contributed by atoms with van der Waals surface area (Å²) in [6.07, 6.45) is -2.06. The average molecular weight is 351 g/mol. The molecule has 1 aromatic rings. The number of nitrogens with two attached hydrogens (primary N) is 1. The lowest BCUT2D eigenvalue weighted by atomic mass is 9.91. The van der Waals surface area contributed by atoms with Crippen LogP contribution in [0, 0.1) is 5.92 Å². The number of halogens is 1. The molecule has 2 saturated heterocycles. The number of carbonyl (C=O) groups is 2. The average Bonchev–Trinajstić information content (AvgIpc) is 2.86. The van der Waals surface area contributed by atoms with Crippen molar-refractivity contribution < 1.29 is 23.5 Å². The van der Waals surface area contributed by atoms with Gasteiger partial charge in [0.15, 0.2) is 0 Å². The molecule has 3 rings (SSSR count). The molecule has 3 atom stereocenters. The van der Waals surface area contributed by atoms with Crippen molar-refractivity contribution in [2.24, 2.45) is 11.7 Å². The van der Waals surface area contributed by atoms with Crippen molar-refractivity contribution in [3.8, 4) is 0 Å². The van der Waals surface area contributed by atoms with Crippen LogP contribution < -0.4 is 10.6 Å². The van der Waals surface area contributed by atoms with Gasteiger partial charge in [-0.2, -0.15) is 0 Å². The summed E-state index contributed by atoms with van der Waals surface area (Å²) < 4.78 is 24.6. The van der Waals surface area contributed by atoms with Crippen molar-refractivity contribution >= 4 is 17.7 Å². The van der Waals surface area contributed by atoms with Gasteiger partial charge in [-0.25, -0.2) is 4.79 Å². The molecule has 8 heteroatoms. The summed E-state index contributed by atoms with van der Waals surface area (Å²) in [5.74, 6) is -1.44. The molecule has 136 valence electrons. The van der Waals surface area contributed by atoms with Gasteiger partial charge in [0, 0.05) is 25.9 Å². The first-order valence-electron chi connectivity index (χ1n) is 8.11. The van der Waals surface area contributed by atoms with Gasteiger partial charge >= 0.3 is 6.09 Å². The number of amides is 2. The summed E-state index contributed by atoms with van der Waals surface area (Å²) in [4.78, 5) is 25.2. The molecule has 3 unspecified atom stereocenters. The summed E-state index contributed by atoms with van der Waals surface area (Å²) in [7, 11) is 1.69. The van der Waals surface area contributed by atoms with E-state index in [2.05, 4.69) is 4.90 Å². The molecule has 2 N–H and O–H groups in total. The van der Waals surface area contributed by atoms with Gasteiger partial charge in [0.1, 0.15) is 12.1 Å². The number of primary amides is 1. The van der Waals surface area contributed by atoms with Gasteiger partial charge in [-0.3, -0.25) is 4.79 Å². The Hall–Kier alpha value is -2.35. The van der Waals surface area contributed by atoms with Crippen LogP contribution in [-0.2, 0) is 14.3 Å². The van der Waals surface area contributed by atoms with Crippen LogP contribution in [0.25, 0.3) is 0 Å². The second-order valence-corrected chi connectivity index (χ2v) is 6.90. The SMILES string of the molecule is COC1(C)CN(c2ccc(C3C(C(C)C(N)=O)OC(=O)N3F)cc2)C1. The predicted molar refractivity (Wildman–Crippen MR) is 88.4 cm³/mol. The van der Waals surface area contributed by atoms with Gasteiger partial charge in [0.05, 0.1) is 11.5 Å². The topological polar surface area (TPSA) is 85.1 Å². The molecule has 0 radical (unpaired) electrons. The lowest BCUT2D eigenvalue weighted by Crippen LogP contribution is -2.61. The maximum absolute atomic E-state index is 14.2. The highest BCUT2D eigenvalue weighted by atomic mass is 19.2. The summed E-state index contributed by atoms with van der Waals surface area (Å²) in [5, 5.41) is 0.0186. The molecule has 0 aliphatic carbocycles. The van der Waals surface area contributed by atoms with Crippen LogP contribution in [0.5, 0.6) is 0 Å². The third-order valence-electron chi connectivity index (χ3n) is 5.05. The first-order valence-corrected chi connectivity index (χ1v) is 8.11. The number of carbonyl (C=O) groups excluding carboxylic acids is 2. The lowest BCUT2D eigenvalue weighted by molar-refractivity contribution is -0.124. The zero-order valence-corrected chi connectivity index (χ0v) is 14.4. The van der Waals surface area contributed by atoms with Crippen LogP contribution in [-0.4, -0.2) is 49.0 Å². The third-order valence-corrected chi connectivity index (χ3v) is 5.05. The predicted octanol–water partition coefficient (Wildman–Crippen LogP) is 1.78. The van der Waals surface area contributed by atoms with E-state index in [0.717, 1.165) is 18.8 Å². The second-order valence-electron chi connectivity index (χ2n) is 6.90. The Morgan fingerprint density at radius 1 is 1.40 bits per heavy atom. The summed E-state index contributed by atoms with van der Waals surface area (Å²) >= 11 is 0. The van der Waals surface area contributed by atoms with Gasteiger partial charge in [0.25, 0.3) is 0 Å². The smallest absolute Gasteiger partial charge is 0.439 e. The van der Waals surface area contributed by atoms with E-state index in [9.17, 15) is 14.1 Å². The zero-order chi connectivity index (χ0) is 18.4. The number of anilines is 1. The molecule has 25 heavy (non-hydrogen) atoms. The maximum atomic E-state index is 14.2. The fraction of sp³-hybridized carbons (Fsp3) is 0.529. The second kappa shape index (κ2) is 6.18. The summed E-state index contributed by atoms with van der Waals surface area (Å²) in [5.41, 5.74) is 6.66. The van der Waals surface area contributed by atoms with E-state index in [1.165, 1.54) is 6.92 Å². The number of nitrogens with zero attached hydrogens (tertiary/aromatic N) is 2. The van der Waals surface area contributed by atoms with E-state index in [0.29, 0.717) is 5.56 Å². The van der Waals surface area contributed by atoms with Gasteiger partial charge in [-0.15, -0.1) is 5.12 Å². The van der Waals surface area contributed by atoms with Crippen LogP contribution in [0.4, 0.5) is 15.0 Å². The molecule has 2 heterocycles. The molecule has 0 bridgehead atoms. The summed E-state index contributed by atoms with van der Waals surface area (Å²) in [6, 6.07) is 6.18. The van der Waals surface area contributed by atoms with Crippen molar-refractivity contribution in [2.75, 3.05) is 25.1 Å². The highest BCUT2D eigenvalue weighted by molar-refractivity contribution is 5.79. The minimum atomic E-state index is -1.11. The monoisotopic (exact) mass is 351 g/mol. The van der Waals surface area contributed by atoms with E-state index in [4.69, 9.17) is 15.2 Å². The van der Waals surface area contributed by atoms with E-state index >= 15 is 0 Å². The van der Waals surface area contributed by atoms with Crippen LogP contribution >= 0.6 is 0 Å². The normalized spacial score (nSPS) is 26.2. The number of ether oxygens (including phenoxy) is 2. The zero-order valence-electron chi connectivity index (χ0n) is 14.4. The molecule has 2 aliphatic rings. The Balaban J connectivity index is 1.78. The van der Waals surface area contributed by atoms with Crippen molar-refractivity contribution in [1.82, 2.24) is 5.12 Å². The van der Waals surface area contributed by atoms with E-state index in [1.807, 2.05) is 19.1 Å². The third kappa shape index (κ3) is 3.02. The van der Waals surface area contributed by atoms with Crippen molar-refractivity contribution in [1.29, 1.82) is 0 Å². The lowest BCUT2D eigenvalue weighted by Gasteiger charge is -2.48. The Morgan fingerprint density at radius 2 is 2.00 bits per heavy atom. The molecule has 2 amide bonds. The Morgan fingerprint density at radius 3 is 2.52 bits per heavy atom. The Bertz CT molecular complexity index is 675. The molecule has 7 nitrogen and oxygen atoms in total. The van der Waals surface area contributed by atoms with Crippen LogP contribution in [0.2, 0.25) is 0 Å². The number of hydrogen-bond acceptors (Lipinski definition) is 5. The van der Waals surface area contributed by atoms with Gasteiger partial charge in [-0.1, -0.05) is 16.6 Å². The molecule has 0 aromatic heterocycles. The first kappa shape index (κ1) is 17.5. The van der Waals surface area contributed by atoms with Gasteiger partial charge in [0.2, 0.25) is 5.91 Å². The molecule has 0 saturated carbocycles. The van der Waals surface area contributed by atoms with Crippen molar-refractivity contribution in [2.45, 2.75) is 31.6 Å². The van der Waals surface area contributed by atoms with E-state index < -0.39 is 30.1 Å². The summed E-state index contributed by atoms with van der Waals surface area (Å²) in [6.45, 7) is 5.09. The molecular formula is C17H22FN3O4. The number of cyclic esters (lactones) is 1. The molecule has 0 spiro atoms. The molecule has 2 aliphatic heterocycles. The highest BCUT2D eigenvalue weighted by Crippen LogP contribution is 2.38. The Labute approximate surface area is 145 Å². The van der Waals surface area contributed by atoms with Crippen LogP contribution in [0.3, 0.4) is 0 Å². The molecule has 1 aromatic carbocycles. The fourth-order valence-corrected chi connectivity index (χ4v) is 3.29. The maximum Gasteiger partial charge on any atom is 0.439 e. The molecule has 2 fully saturated rings. The minimum Gasteiger partial charge on any atom is -0.441 e. The fourth-order valence-electron chi connectivity index (χ4n) is 3.29. The largest absolute Gasteiger partial charge is 0.441 e.